The molecule has 5 rings (SSSR count). The molecule has 0 unspecified atom stereocenters. The van der Waals surface area contributed by atoms with Crippen molar-refractivity contribution < 1.29 is 22.8 Å². The van der Waals surface area contributed by atoms with E-state index in [1.165, 1.54) is 31.4 Å². The van der Waals surface area contributed by atoms with E-state index in [4.69, 9.17) is 36.0 Å². The number of anilines is 3. The molecule has 12 heteroatoms. The predicted molar refractivity (Wildman–Crippen MR) is 146 cm³/mol. The lowest BCUT2D eigenvalue weighted by Crippen LogP contribution is -2.19. The van der Waals surface area contributed by atoms with Crippen LogP contribution in [0.4, 0.5) is 21.7 Å². The molecule has 1 aliphatic carbocycles. The van der Waals surface area contributed by atoms with Crippen molar-refractivity contribution in [1.82, 2.24) is 25.1 Å². The maximum atomic E-state index is 14.2. The van der Waals surface area contributed by atoms with Crippen LogP contribution in [0.1, 0.15) is 44.6 Å². The topological polar surface area (TPSA) is 129 Å². The monoisotopic (exact) mass is 554 g/mol. The number of nitrogens with zero attached hydrogens (tertiary/aromatic N) is 4. The van der Waals surface area contributed by atoms with Crippen LogP contribution < -0.4 is 21.1 Å². The fourth-order valence-corrected chi connectivity index (χ4v) is 4.22. The van der Waals surface area contributed by atoms with Crippen molar-refractivity contribution in [3.8, 4) is 17.0 Å². The van der Waals surface area contributed by atoms with E-state index in [0.29, 0.717) is 34.3 Å². The Morgan fingerprint density at radius 2 is 2.08 bits per heavy atom. The third-order valence-electron chi connectivity index (χ3n) is 6.08. The quantitative estimate of drug-likeness (QED) is 0.237. The smallest absolute Gasteiger partial charge is 0.254 e. The highest BCUT2D eigenvalue weighted by atomic mass is 35.5. The van der Waals surface area contributed by atoms with Gasteiger partial charge in [-0.15, -0.1) is 0 Å². The van der Waals surface area contributed by atoms with Gasteiger partial charge in [-0.05, 0) is 60.9 Å². The number of hydrogen-bond donors (Lipinski definition) is 3. The summed E-state index contributed by atoms with van der Waals surface area (Å²) in [6.45, 7) is -2.80. The standard InChI is InChI=1S/C27H27ClFN7O3/c1-31-27(37)17-5-7-23(28)34-26(17)33-21-12-15(13-39-14-22-19(29)6-8-24(30)32-22)11-18(25(21)38-2)20-9-10-36(35-20)16-3-4-16/h5-12,16H,3-4,13-14H2,1-2H3,(H2,30,32)(H,31,37)(H,33,34)/i1D3. The van der Waals surface area contributed by atoms with Crippen molar-refractivity contribution in [2.24, 2.45) is 0 Å². The molecule has 0 bridgehead atoms. The lowest BCUT2D eigenvalue weighted by atomic mass is 10.0. The minimum absolute atomic E-state index is 0.00103. The Labute approximate surface area is 233 Å². The molecule has 202 valence electrons. The van der Waals surface area contributed by atoms with Crippen LogP contribution in [-0.2, 0) is 18.0 Å². The number of halogens is 2. The SMILES string of the molecule is [2H]C([2H])([2H])NC(=O)c1ccc(Cl)nc1Nc1cc(COCc2nc(N)ccc2F)cc(-c2ccn(C3CC3)n2)c1OC. The van der Waals surface area contributed by atoms with Gasteiger partial charge in [-0.2, -0.15) is 5.10 Å². The summed E-state index contributed by atoms with van der Waals surface area (Å²) in [5, 5.41) is 9.82. The number of nitrogen functional groups attached to an aromatic ring is 1. The van der Waals surface area contributed by atoms with Gasteiger partial charge in [0.15, 0.2) is 5.75 Å². The number of hydrogen-bond acceptors (Lipinski definition) is 8. The summed E-state index contributed by atoms with van der Waals surface area (Å²) in [5.41, 5.74) is 7.97. The van der Waals surface area contributed by atoms with Crippen LogP contribution in [0.3, 0.4) is 0 Å². The highest BCUT2D eigenvalue weighted by Crippen LogP contribution is 2.41. The van der Waals surface area contributed by atoms with Crippen LogP contribution >= 0.6 is 11.6 Å². The summed E-state index contributed by atoms with van der Waals surface area (Å²) in [4.78, 5) is 21.0. The molecule has 3 heterocycles. The molecule has 1 aliphatic rings. The summed E-state index contributed by atoms with van der Waals surface area (Å²) in [6.07, 6.45) is 4.00. The Balaban J connectivity index is 1.51. The van der Waals surface area contributed by atoms with Crippen LogP contribution in [0.25, 0.3) is 11.3 Å². The Morgan fingerprint density at radius 1 is 1.23 bits per heavy atom. The summed E-state index contributed by atoms with van der Waals surface area (Å²) >= 11 is 6.14. The molecule has 0 saturated heterocycles. The molecule has 0 aliphatic heterocycles. The zero-order valence-corrected chi connectivity index (χ0v) is 21.6. The van der Waals surface area contributed by atoms with Crippen molar-refractivity contribution in [3.05, 3.63) is 76.5 Å². The summed E-state index contributed by atoms with van der Waals surface area (Å²) in [7, 11) is 1.49. The molecule has 0 atom stereocenters. The first-order valence-electron chi connectivity index (χ1n) is 13.5. The Hall–Kier alpha value is -4.22. The van der Waals surface area contributed by atoms with E-state index in [-0.39, 0.29) is 41.3 Å². The number of nitrogens with one attached hydrogen (secondary N) is 2. The first kappa shape index (κ1) is 22.7. The predicted octanol–water partition coefficient (Wildman–Crippen LogP) is 4.88. The van der Waals surface area contributed by atoms with Gasteiger partial charge in [-0.25, -0.2) is 14.4 Å². The maximum absolute atomic E-state index is 14.2. The van der Waals surface area contributed by atoms with Crippen molar-refractivity contribution in [3.63, 3.8) is 0 Å². The van der Waals surface area contributed by atoms with E-state index in [0.717, 1.165) is 12.8 Å². The van der Waals surface area contributed by atoms with Crippen LogP contribution in [0.15, 0.2) is 48.7 Å². The van der Waals surface area contributed by atoms with Gasteiger partial charge in [0.05, 0.1) is 43.3 Å². The lowest BCUT2D eigenvalue weighted by molar-refractivity contribution is 0.0963. The maximum Gasteiger partial charge on any atom is 0.254 e. The second-order valence-corrected chi connectivity index (χ2v) is 9.29. The summed E-state index contributed by atoms with van der Waals surface area (Å²) in [6, 6.07) is 11.1. The number of carbonyl (C=O) groups is 1. The fraction of sp³-hybridized carbons (Fsp3) is 0.259. The van der Waals surface area contributed by atoms with E-state index in [9.17, 15) is 9.18 Å². The van der Waals surface area contributed by atoms with Crippen LogP contribution in [0.2, 0.25) is 5.15 Å². The molecule has 1 saturated carbocycles. The van der Waals surface area contributed by atoms with Gasteiger partial charge in [0, 0.05) is 22.8 Å². The first-order valence-corrected chi connectivity index (χ1v) is 12.4. The van der Waals surface area contributed by atoms with Crippen molar-refractivity contribution in [1.29, 1.82) is 0 Å². The number of aromatic nitrogens is 4. The minimum atomic E-state index is -2.71. The van der Waals surface area contributed by atoms with Crippen molar-refractivity contribution >= 4 is 34.8 Å². The number of rotatable bonds is 10. The molecule has 1 aromatic carbocycles. The number of methoxy groups -OCH3 is 1. The van der Waals surface area contributed by atoms with E-state index < -0.39 is 18.7 Å². The van der Waals surface area contributed by atoms with Gasteiger partial charge in [0.2, 0.25) is 0 Å². The number of pyridine rings is 2. The highest BCUT2D eigenvalue weighted by Gasteiger charge is 2.25. The van der Waals surface area contributed by atoms with Gasteiger partial charge in [0.1, 0.15) is 28.3 Å². The average Bonchev–Trinajstić information content (AvgIpc) is 3.65. The summed E-state index contributed by atoms with van der Waals surface area (Å²) in [5.74, 6) is -0.858. The van der Waals surface area contributed by atoms with Gasteiger partial charge in [-0.3, -0.25) is 9.48 Å². The molecular weight excluding hydrogens is 525 g/mol. The minimum Gasteiger partial charge on any atom is -0.494 e. The molecule has 1 amide bonds. The first-order chi connectivity index (χ1) is 20.0. The molecule has 39 heavy (non-hydrogen) atoms. The average molecular weight is 555 g/mol. The number of benzene rings is 1. The van der Waals surface area contributed by atoms with Crippen molar-refractivity contribution in [2.45, 2.75) is 32.1 Å². The van der Waals surface area contributed by atoms with Gasteiger partial charge in [0.25, 0.3) is 5.91 Å². The summed E-state index contributed by atoms with van der Waals surface area (Å²) < 4.78 is 49.9. The number of carbonyl (C=O) groups excluding carboxylic acids is 1. The molecule has 1 fully saturated rings. The molecule has 3 aromatic heterocycles. The van der Waals surface area contributed by atoms with Gasteiger partial charge in [-0.1, -0.05) is 11.6 Å². The lowest BCUT2D eigenvalue weighted by Gasteiger charge is -2.18. The Kier molecular flexibility index (Phi) is 6.56. The molecule has 4 aromatic rings. The van der Waals surface area contributed by atoms with Gasteiger partial charge < -0.3 is 25.8 Å². The third-order valence-corrected chi connectivity index (χ3v) is 6.29. The van der Waals surface area contributed by atoms with E-state index in [1.54, 1.807) is 6.07 Å². The molecular formula is C27H27ClFN7O3. The Bertz CT molecular complexity index is 1630. The number of ether oxygens (including phenoxy) is 2. The van der Waals surface area contributed by atoms with Crippen LogP contribution in [0, 0.1) is 5.82 Å². The van der Waals surface area contributed by atoms with E-state index >= 15 is 0 Å². The largest absolute Gasteiger partial charge is 0.494 e. The molecule has 0 radical (unpaired) electrons. The zero-order valence-electron chi connectivity index (χ0n) is 23.9. The molecule has 10 nitrogen and oxygen atoms in total. The van der Waals surface area contributed by atoms with E-state index in [1.807, 2.05) is 28.3 Å². The van der Waals surface area contributed by atoms with Crippen LogP contribution in [0.5, 0.6) is 5.75 Å². The number of amides is 1. The normalized spacial score (nSPS) is 14.3. The zero-order chi connectivity index (χ0) is 30.0. The van der Waals surface area contributed by atoms with E-state index in [2.05, 4.69) is 15.3 Å². The van der Waals surface area contributed by atoms with Gasteiger partial charge >= 0.3 is 0 Å². The highest BCUT2D eigenvalue weighted by molar-refractivity contribution is 6.29. The second kappa shape index (κ2) is 11.3. The van der Waals surface area contributed by atoms with Crippen LogP contribution in [-0.4, -0.2) is 39.7 Å². The second-order valence-electron chi connectivity index (χ2n) is 8.90. The molecule has 4 N–H and O–H groups in total. The van der Waals surface area contributed by atoms with Crippen molar-refractivity contribution in [2.75, 3.05) is 25.1 Å². The molecule has 0 spiro atoms. The Morgan fingerprint density at radius 3 is 2.85 bits per heavy atom. The third kappa shape index (κ3) is 5.94. The fourth-order valence-electron chi connectivity index (χ4n) is 4.08. The number of nitrogens with two attached hydrogens (primary N) is 1.